The Morgan fingerprint density at radius 2 is 1.95 bits per heavy atom. The normalized spacial score (nSPS) is 12.7. The molecule has 0 saturated heterocycles. The van der Waals surface area contributed by atoms with Gasteiger partial charge in [0, 0.05) is 12.0 Å². The van der Waals surface area contributed by atoms with Crippen LogP contribution in [0.2, 0.25) is 0 Å². The number of carbonyl (C=O) groups excluding carboxylic acids is 1. The first-order chi connectivity index (χ1) is 9.35. The summed E-state index contributed by atoms with van der Waals surface area (Å²) < 4.78 is 14.0. The molecule has 0 heterocycles. The highest BCUT2D eigenvalue weighted by atomic mass is 31.2. The van der Waals surface area contributed by atoms with E-state index in [0.717, 1.165) is 10.9 Å². The number of phosphoric acid groups is 1. The third kappa shape index (κ3) is 13.7. The number of nitrogens with zero attached hydrogens (tertiary/aromatic N) is 1. The van der Waals surface area contributed by atoms with Crippen molar-refractivity contribution in [3.8, 4) is 0 Å². The molecule has 0 rings (SSSR count). The van der Waals surface area contributed by atoms with E-state index in [1.807, 2.05) is 0 Å². The first-order valence-corrected chi connectivity index (χ1v) is 7.86. The Morgan fingerprint density at radius 3 is 2.14 bits per heavy atom. The van der Waals surface area contributed by atoms with Crippen LogP contribution >= 0.6 is 7.82 Å². The predicted molar refractivity (Wildman–Crippen MR) is 79.9 cm³/mol. The van der Waals surface area contributed by atoms with Crippen LogP contribution in [0.5, 0.6) is 0 Å². The molecule has 0 fully saturated rings. The summed E-state index contributed by atoms with van der Waals surface area (Å²) in [6, 6.07) is 0. The second-order valence-corrected chi connectivity index (χ2v) is 6.48. The lowest BCUT2D eigenvalue weighted by molar-refractivity contribution is -0.898. The summed E-state index contributed by atoms with van der Waals surface area (Å²) in [6.07, 6.45) is 2.26. The molecule has 1 amide bonds. The third-order valence-corrected chi connectivity index (χ3v) is 2.82. The topological polar surface area (TPSA) is 102 Å². The molecule has 1 atom stereocenters. The van der Waals surface area contributed by atoms with Gasteiger partial charge in [0.2, 0.25) is 0 Å². The molecule has 0 radical (unpaired) electrons. The molecule has 0 aromatic heterocycles. The predicted octanol–water partition coefficient (Wildman–Crippen LogP) is 0.251. The Morgan fingerprint density at radius 1 is 1.48 bits per heavy atom. The number of hydrogen-bond acceptors (Lipinski definition) is 5. The van der Waals surface area contributed by atoms with Crippen LogP contribution < -0.4 is 15.1 Å². The van der Waals surface area contributed by atoms with Crippen molar-refractivity contribution in [2.45, 2.75) is 26.4 Å². The summed E-state index contributed by atoms with van der Waals surface area (Å²) in [4.78, 5) is 30.5. The van der Waals surface area contributed by atoms with Crippen LogP contribution in [0.4, 0.5) is 0 Å². The number of amides is 1. The van der Waals surface area contributed by atoms with Crippen LogP contribution in [0.1, 0.15) is 21.7 Å². The fourth-order valence-corrected chi connectivity index (χ4v) is 1.55. The molecular weight excluding hydrogens is 295 g/mol. The number of quaternary nitrogens is 1. The molecule has 0 aliphatic rings. The van der Waals surface area contributed by atoms with Crippen molar-refractivity contribution in [3.05, 3.63) is 24.8 Å². The smallest absolute Gasteiger partial charge is 0.790 e. The van der Waals surface area contributed by atoms with Gasteiger partial charge in [-0.25, -0.2) is 0 Å². The van der Waals surface area contributed by atoms with Crippen molar-refractivity contribution < 1.29 is 29.6 Å². The maximum atomic E-state index is 11.3. The van der Waals surface area contributed by atoms with Crippen molar-refractivity contribution >= 4 is 13.7 Å². The van der Waals surface area contributed by atoms with Gasteiger partial charge >= 0.3 is 1.43 Å². The van der Waals surface area contributed by atoms with E-state index in [2.05, 4.69) is 51.1 Å². The molecule has 0 aromatic rings. The van der Waals surface area contributed by atoms with Gasteiger partial charge in [-0.2, -0.15) is 0 Å². The van der Waals surface area contributed by atoms with Crippen LogP contribution in [0.25, 0.3) is 0 Å². The summed E-state index contributed by atoms with van der Waals surface area (Å²) in [7, 11) is 1.43. The molecule has 7 nitrogen and oxygen atoms in total. The van der Waals surface area contributed by atoms with E-state index < -0.39 is 7.82 Å². The van der Waals surface area contributed by atoms with E-state index in [0.29, 0.717) is 5.57 Å². The van der Waals surface area contributed by atoms with E-state index in [1.54, 1.807) is 6.92 Å². The minimum Gasteiger partial charge on any atom is -0.790 e. The molecule has 8 heteroatoms. The van der Waals surface area contributed by atoms with E-state index in [4.69, 9.17) is 0 Å². The molecule has 0 saturated carbocycles. The maximum Gasteiger partial charge on any atom is 1.00 e. The number of nitrogens with one attached hydrogen (secondary N) is 1. The van der Waals surface area contributed by atoms with Gasteiger partial charge in [-0.1, -0.05) is 19.6 Å². The highest BCUT2D eigenvalue weighted by Crippen LogP contribution is 2.23. The SMILES string of the molecule is C=C(C)C(=O)NC(CC)[N+](C)(C)C.C=CCOP(=O)([O-])[O-].[H+]. The Labute approximate surface area is 128 Å². The van der Waals surface area contributed by atoms with Gasteiger partial charge in [0.1, 0.15) is 0 Å². The van der Waals surface area contributed by atoms with E-state index >= 15 is 0 Å². The lowest BCUT2D eigenvalue weighted by atomic mass is 10.2. The van der Waals surface area contributed by atoms with Gasteiger partial charge in [-0.3, -0.25) is 4.79 Å². The number of phosphoric ester groups is 1. The quantitative estimate of drug-likeness (QED) is 0.238. The van der Waals surface area contributed by atoms with Crippen LogP contribution in [0, 0.1) is 0 Å². The minimum absolute atomic E-state index is 0. The van der Waals surface area contributed by atoms with Crippen molar-refractivity contribution in [3.63, 3.8) is 0 Å². The molecule has 0 aliphatic carbocycles. The fourth-order valence-electron chi connectivity index (χ4n) is 1.26. The molecule has 124 valence electrons. The monoisotopic (exact) mass is 322 g/mol. The summed E-state index contributed by atoms with van der Waals surface area (Å²) in [5, 5.41) is 2.94. The lowest BCUT2D eigenvalue weighted by Gasteiger charge is -2.33. The van der Waals surface area contributed by atoms with Gasteiger partial charge in [-0.15, -0.1) is 6.58 Å². The zero-order valence-corrected chi connectivity index (χ0v) is 14.3. The molecule has 1 N–H and O–H groups in total. The third-order valence-electron chi connectivity index (χ3n) is 2.36. The maximum absolute atomic E-state index is 11.3. The minimum atomic E-state index is -4.75. The first-order valence-electron chi connectivity index (χ1n) is 6.40. The number of rotatable bonds is 7. The molecule has 1 unspecified atom stereocenters. The van der Waals surface area contributed by atoms with Gasteiger partial charge in [-0.05, 0) is 6.92 Å². The zero-order chi connectivity index (χ0) is 17.3. The molecule has 0 aliphatic heterocycles. The van der Waals surface area contributed by atoms with Crippen molar-refractivity contribution in [1.29, 1.82) is 0 Å². The molecule has 21 heavy (non-hydrogen) atoms. The molecular formula is C13H27N2O5P. The van der Waals surface area contributed by atoms with Crippen LogP contribution in [0.3, 0.4) is 0 Å². The molecule has 0 bridgehead atoms. The van der Waals surface area contributed by atoms with Crippen molar-refractivity contribution in [2.24, 2.45) is 0 Å². The Kier molecular flexibility index (Phi) is 10.5. The van der Waals surface area contributed by atoms with E-state index in [-0.39, 0.29) is 20.1 Å². The highest BCUT2D eigenvalue weighted by molar-refractivity contribution is 7.43. The summed E-state index contributed by atoms with van der Waals surface area (Å²) >= 11 is 0. The zero-order valence-electron chi connectivity index (χ0n) is 14.4. The Hall–Kier alpha value is -0.980. The fraction of sp³-hybridized carbons (Fsp3) is 0.615. The highest BCUT2D eigenvalue weighted by Gasteiger charge is 2.23. The van der Waals surface area contributed by atoms with Gasteiger partial charge in [0.05, 0.1) is 35.6 Å². The summed E-state index contributed by atoms with van der Waals surface area (Å²) in [6.45, 7) is 10.3. The van der Waals surface area contributed by atoms with Crippen LogP contribution in [-0.2, 0) is 13.9 Å². The standard InChI is InChI=1S/C10H20N2O.C3H7O4P/c1-7-9(12(4,5)6)11-10(13)8(2)3;1-2-3-7-8(4,5)6/h9H,2,7H2,1,3-6H3;2H,1,3H2,(H2,4,5,6). The Bertz CT molecular complexity index is 404. The average Bonchev–Trinajstić information content (AvgIpc) is 2.31. The van der Waals surface area contributed by atoms with Gasteiger partial charge < -0.3 is 28.7 Å². The van der Waals surface area contributed by atoms with Crippen LogP contribution in [-0.4, -0.2) is 44.3 Å². The Balaban J connectivity index is -0.000000348. The number of hydrogen-bond donors (Lipinski definition) is 1. The summed E-state index contributed by atoms with van der Waals surface area (Å²) in [5.74, 6) is -0.0556. The van der Waals surface area contributed by atoms with Crippen LogP contribution in [0.15, 0.2) is 24.8 Å². The summed E-state index contributed by atoms with van der Waals surface area (Å²) in [5.41, 5.74) is 0.562. The average molecular weight is 322 g/mol. The molecule has 0 spiro atoms. The first kappa shape index (κ1) is 22.3. The van der Waals surface area contributed by atoms with Crippen molar-refractivity contribution in [2.75, 3.05) is 27.7 Å². The number of carbonyl (C=O) groups is 1. The van der Waals surface area contributed by atoms with E-state index in [1.165, 1.54) is 6.08 Å². The second kappa shape index (κ2) is 9.87. The second-order valence-electron chi connectivity index (χ2n) is 5.33. The molecule has 0 aromatic carbocycles. The lowest BCUT2D eigenvalue weighted by Crippen LogP contribution is -2.54. The van der Waals surface area contributed by atoms with Gasteiger partial charge in [0.25, 0.3) is 5.91 Å². The van der Waals surface area contributed by atoms with E-state index in [9.17, 15) is 19.1 Å². The van der Waals surface area contributed by atoms with Gasteiger partial charge in [0.15, 0.2) is 6.17 Å². The largest absolute Gasteiger partial charge is 1.00 e. The van der Waals surface area contributed by atoms with Crippen molar-refractivity contribution in [1.82, 2.24) is 5.32 Å².